The molecule has 0 amide bonds. The van der Waals surface area contributed by atoms with Gasteiger partial charge < -0.3 is 5.32 Å². The van der Waals surface area contributed by atoms with Crippen molar-refractivity contribution in [2.45, 2.75) is 40.2 Å². The third kappa shape index (κ3) is 3.03. The van der Waals surface area contributed by atoms with Crippen LogP contribution < -0.4 is 5.32 Å². The summed E-state index contributed by atoms with van der Waals surface area (Å²) in [5.41, 5.74) is 3.29. The van der Waals surface area contributed by atoms with Crippen LogP contribution in [0.25, 0.3) is 0 Å². The van der Waals surface area contributed by atoms with E-state index in [-0.39, 0.29) is 5.82 Å². The van der Waals surface area contributed by atoms with Crippen LogP contribution in [-0.4, -0.2) is 6.54 Å². The standard InChI is InChI=1S/C13H20FN/c1-5-6-15-11(4)13-9(2)7-12(14)8-10(13)3/h7-8,11,15H,5-6H2,1-4H3. The largest absolute Gasteiger partial charge is 0.310 e. The minimum absolute atomic E-state index is 0.142. The van der Waals surface area contributed by atoms with Crippen LogP contribution in [-0.2, 0) is 0 Å². The highest BCUT2D eigenvalue weighted by Crippen LogP contribution is 2.22. The molecule has 1 atom stereocenters. The Morgan fingerprint density at radius 2 is 1.80 bits per heavy atom. The van der Waals surface area contributed by atoms with Crippen LogP contribution in [0.1, 0.15) is 43.0 Å². The Kier molecular flexibility index (Phi) is 4.28. The Balaban J connectivity index is 2.92. The predicted molar refractivity (Wildman–Crippen MR) is 62.6 cm³/mol. The maximum atomic E-state index is 13.1. The van der Waals surface area contributed by atoms with E-state index in [4.69, 9.17) is 0 Å². The minimum atomic E-state index is -0.142. The van der Waals surface area contributed by atoms with Crippen LogP contribution >= 0.6 is 0 Å². The van der Waals surface area contributed by atoms with Gasteiger partial charge >= 0.3 is 0 Å². The summed E-state index contributed by atoms with van der Waals surface area (Å²) < 4.78 is 13.1. The zero-order valence-corrected chi connectivity index (χ0v) is 10.0. The highest BCUT2D eigenvalue weighted by atomic mass is 19.1. The molecule has 84 valence electrons. The summed E-state index contributed by atoms with van der Waals surface area (Å²) in [7, 11) is 0. The van der Waals surface area contributed by atoms with Crippen molar-refractivity contribution < 1.29 is 4.39 Å². The van der Waals surface area contributed by atoms with E-state index in [0.717, 1.165) is 24.1 Å². The van der Waals surface area contributed by atoms with Crippen LogP contribution in [0.4, 0.5) is 4.39 Å². The van der Waals surface area contributed by atoms with Crippen LogP contribution in [0.3, 0.4) is 0 Å². The summed E-state index contributed by atoms with van der Waals surface area (Å²) >= 11 is 0. The zero-order chi connectivity index (χ0) is 11.4. The molecular weight excluding hydrogens is 189 g/mol. The average Bonchev–Trinajstić information content (AvgIpc) is 2.12. The van der Waals surface area contributed by atoms with Crippen molar-refractivity contribution in [3.8, 4) is 0 Å². The molecular formula is C13H20FN. The molecule has 0 saturated carbocycles. The van der Waals surface area contributed by atoms with E-state index in [1.807, 2.05) is 13.8 Å². The molecule has 1 aromatic carbocycles. The molecule has 0 saturated heterocycles. The zero-order valence-electron chi connectivity index (χ0n) is 10.0. The number of nitrogens with one attached hydrogen (secondary N) is 1. The van der Waals surface area contributed by atoms with Crippen LogP contribution in [0.2, 0.25) is 0 Å². The molecule has 15 heavy (non-hydrogen) atoms. The van der Waals surface area contributed by atoms with Gasteiger partial charge in [-0.15, -0.1) is 0 Å². The molecule has 0 aliphatic heterocycles. The molecule has 0 heterocycles. The van der Waals surface area contributed by atoms with Gasteiger partial charge in [-0.1, -0.05) is 6.92 Å². The van der Waals surface area contributed by atoms with E-state index in [2.05, 4.69) is 19.2 Å². The van der Waals surface area contributed by atoms with Crippen molar-refractivity contribution in [2.75, 3.05) is 6.54 Å². The summed E-state index contributed by atoms with van der Waals surface area (Å²) in [6.07, 6.45) is 1.11. The van der Waals surface area contributed by atoms with E-state index in [1.165, 1.54) is 5.56 Å². The molecule has 0 aliphatic rings. The third-order valence-corrected chi connectivity index (χ3v) is 2.69. The Labute approximate surface area is 91.7 Å². The summed E-state index contributed by atoms with van der Waals surface area (Å²) in [5, 5.41) is 3.43. The maximum Gasteiger partial charge on any atom is 0.123 e. The molecule has 2 heteroatoms. The van der Waals surface area contributed by atoms with Crippen molar-refractivity contribution in [1.29, 1.82) is 0 Å². The van der Waals surface area contributed by atoms with E-state index < -0.39 is 0 Å². The molecule has 1 unspecified atom stereocenters. The van der Waals surface area contributed by atoms with Crippen LogP contribution in [0, 0.1) is 19.7 Å². The topological polar surface area (TPSA) is 12.0 Å². The normalized spacial score (nSPS) is 12.9. The van der Waals surface area contributed by atoms with Crippen LogP contribution in [0.5, 0.6) is 0 Å². The first-order chi connectivity index (χ1) is 7.06. The number of benzene rings is 1. The van der Waals surface area contributed by atoms with Gasteiger partial charge in [-0.3, -0.25) is 0 Å². The molecule has 1 rings (SSSR count). The molecule has 0 aliphatic carbocycles. The van der Waals surface area contributed by atoms with Gasteiger partial charge in [0.15, 0.2) is 0 Å². The molecule has 1 N–H and O–H groups in total. The Morgan fingerprint density at radius 3 is 2.27 bits per heavy atom. The van der Waals surface area contributed by atoms with Gasteiger partial charge in [0.1, 0.15) is 5.82 Å². The van der Waals surface area contributed by atoms with Crippen molar-refractivity contribution in [1.82, 2.24) is 5.32 Å². The molecule has 0 aromatic heterocycles. The van der Waals surface area contributed by atoms with E-state index in [0.29, 0.717) is 6.04 Å². The maximum absolute atomic E-state index is 13.1. The molecule has 0 fully saturated rings. The van der Waals surface area contributed by atoms with Gasteiger partial charge in [-0.05, 0) is 62.6 Å². The fraction of sp³-hybridized carbons (Fsp3) is 0.538. The lowest BCUT2D eigenvalue weighted by Gasteiger charge is -2.18. The lowest BCUT2D eigenvalue weighted by Crippen LogP contribution is -2.21. The second-order valence-electron chi connectivity index (χ2n) is 4.13. The summed E-state index contributed by atoms with van der Waals surface area (Å²) in [6.45, 7) is 9.20. The smallest absolute Gasteiger partial charge is 0.123 e. The fourth-order valence-electron chi connectivity index (χ4n) is 2.07. The van der Waals surface area contributed by atoms with E-state index in [9.17, 15) is 4.39 Å². The second kappa shape index (κ2) is 5.26. The van der Waals surface area contributed by atoms with Gasteiger partial charge in [0, 0.05) is 6.04 Å². The SMILES string of the molecule is CCCNC(C)c1c(C)cc(F)cc1C. The van der Waals surface area contributed by atoms with Crippen molar-refractivity contribution in [3.05, 3.63) is 34.6 Å². The first-order valence-corrected chi connectivity index (χ1v) is 5.56. The van der Waals surface area contributed by atoms with Crippen LogP contribution in [0.15, 0.2) is 12.1 Å². The summed E-state index contributed by atoms with van der Waals surface area (Å²) in [5.74, 6) is -0.142. The van der Waals surface area contributed by atoms with E-state index >= 15 is 0 Å². The molecule has 0 radical (unpaired) electrons. The quantitative estimate of drug-likeness (QED) is 0.800. The van der Waals surface area contributed by atoms with Gasteiger partial charge in [0.05, 0.1) is 0 Å². The highest BCUT2D eigenvalue weighted by Gasteiger charge is 2.11. The third-order valence-electron chi connectivity index (χ3n) is 2.69. The van der Waals surface area contributed by atoms with Crippen molar-refractivity contribution in [2.24, 2.45) is 0 Å². The number of hydrogen-bond acceptors (Lipinski definition) is 1. The predicted octanol–water partition coefficient (Wildman–Crippen LogP) is 3.50. The first kappa shape index (κ1) is 12.2. The highest BCUT2D eigenvalue weighted by molar-refractivity contribution is 5.36. The average molecular weight is 209 g/mol. The van der Waals surface area contributed by atoms with Gasteiger partial charge in [-0.2, -0.15) is 0 Å². The number of halogens is 1. The Bertz CT molecular complexity index is 310. The Hall–Kier alpha value is -0.890. The number of rotatable bonds is 4. The second-order valence-corrected chi connectivity index (χ2v) is 4.13. The van der Waals surface area contributed by atoms with Crippen molar-refractivity contribution >= 4 is 0 Å². The van der Waals surface area contributed by atoms with Gasteiger partial charge in [0.2, 0.25) is 0 Å². The Morgan fingerprint density at radius 1 is 1.27 bits per heavy atom. The first-order valence-electron chi connectivity index (χ1n) is 5.56. The molecule has 0 bridgehead atoms. The minimum Gasteiger partial charge on any atom is -0.310 e. The fourth-order valence-corrected chi connectivity index (χ4v) is 2.07. The van der Waals surface area contributed by atoms with Gasteiger partial charge in [-0.25, -0.2) is 4.39 Å². The number of hydrogen-bond donors (Lipinski definition) is 1. The molecule has 1 nitrogen and oxygen atoms in total. The molecule has 0 spiro atoms. The van der Waals surface area contributed by atoms with Gasteiger partial charge in [0.25, 0.3) is 0 Å². The summed E-state index contributed by atoms with van der Waals surface area (Å²) in [4.78, 5) is 0. The summed E-state index contributed by atoms with van der Waals surface area (Å²) in [6, 6.07) is 3.50. The number of aryl methyl sites for hydroxylation is 2. The van der Waals surface area contributed by atoms with E-state index in [1.54, 1.807) is 12.1 Å². The monoisotopic (exact) mass is 209 g/mol. The lowest BCUT2D eigenvalue weighted by atomic mass is 9.97. The lowest BCUT2D eigenvalue weighted by molar-refractivity contribution is 0.562. The van der Waals surface area contributed by atoms with Crippen molar-refractivity contribution in [3.63, 3.8) is 0 Å². The molecule has 1 aromatic rings.